The molecule has 1 saturated heterocycles. The average Bonchev–Trinajstić information content (AvgIpc) is 3.36. The number of halogens is 4. The van der Waals surface area contributed by atoms with Gasteiger partial charge in [-0.2, -0.15) is 18.3 Å². The number of ketones is 1. The number of nitrogens with zero attached hydrogens (tertiary/aromatic N) is 3. The molecule has 1 fully saturated rings. The van der Waals surface area contributed by atoms with Crippen molar-refractivity contribution in [2.45, 2.75) is 71.3 Å². The van der Waals surface area contributed by atoms with Crippen LogP contribution in [0, 0.1) is 6.92 Å². The van der Waals surface area contributed by atoms with Gasteiger partial charge in [0.05, 0.1) is 23.7 Å². The average molecular weight is 562 g/mol. The fourth-order valence-electron chi connectivity index (χ4n) is 4.02. The highest BCUT2D eigenvalue weighted by Gasteiger charge is 2.44. The molecule has 35 heavy (non-hydrogen) atoms. The van der Waals surface area contributed by atoms with Gasteiger partial charge < -0.3 is 9.47 Å². The lowest BCUT2D eigenvalue weighted by atomic mass is 10.0. The smallest absolute Gasteiger partial charge is 0.417 e. The molecule has 192 valence electrons. The Hall–Kier alpha value is -2.63. The number of rotatable bonds is 5. The highest BCUT2D eigenvalue weighted by Crippen LogP contribution is 2.39. The maximum atomic E-state index is 13.7. The van der Waals surface area contributed by atoms with Crippen LogP contribution in [0.15, 0.2) is 16.7 Å². The highest BCUT2D eigenvalue weighted by molar-refractivity contribution is 9.10. The van der Waals surface area contributed by atoms with Crippen molar-refractivity contribution in [2.75, 3.05) is 13.2 Å². The van der Waals surface area contributed by atoms with Crippen LogP contribution in [0.25, 0.3) is 10.9 Å². The first-order valence-corrected chi connectivity index (χ1v) is 11.9. The zero-order chi connectivity index (χ0) is 26.3. The van der Waals surface area contributed by atoms with Crippen molar-refractivity contribution >= 4 is 44.7 Å². The normalized spacial score (nSPS) is 17.5. The third kappa shape index (κ3) is 5.62. The van der Waals surface area contributed by atoms with E-state index >= 15 is 0 Å². The number of amides is 1. The first-order chi connectivity index (χ1) is 16.2. The van der Waals surface area contributed by atoms with Crippen LogP contribution in [-0.2, 0) is 25.2 Å². The van der Waals surface area contributed by atoms with Gasteiger partial charge in [-0.25, -0.2) is 14.3 Å². The van der Waals surface area contributed by atoms with Crippen LogP contribution in [-0.4, -0.2) is 57.3 Å². The fourth-order valence-corrected chi connectivity index (χ4v) is 4.43. The molecule has 1 aliphatic heterocycles. The molecule has 0 bridgehead atoms. The van der Waals surface area contributed by atoms with Crippen LogP contribution < -0.4 is 0 Å². The monoisotopic (exact) mass is 561 g/mol. The van der Waals surface area contributed by atoms with E-state index in [4.69, 9.17) is 9.47 Å². The standard InChI is InChI=1S/C23H27BrF3N3O5/c1-6-34-20(32)18(19(31)16-8-7-9-29(16)21(33)35-22(3,4)5)30-11-13-14(23(25,26)27)10-15(24)12(2)17(13)28-30/h10-11,16,18H,6-9H2,1-5H3. The Morgan fingerprint density at radius 2 is 1.91 bits per heavy atom. The first-order valence-electron chi connectivity index (χ1n) is 11.1. The van der Waals surface area contributed by atoms with E-state index in [9.17, 15) is 27.6 Å². The quantitative estimate of drug-likeness (QED) is 0.368. The second kappa shape index (κ2) is 9.79. The SMILES string of the molecule is CCOC(=O)C(C(=O)C1CCCN1C(=O)OC(C)(C)C)n1cc2c(C(F)(F)F)cc(Br)c(C)c2n1. The lowest BCUT2D eigenvalue weighted by Crippen LogP contribution is -2.47. The van der Waals surface area contributed by atoms with Crippen molar-refractivity contribution < 1.29 is 37.0 Å². The number of hydrogen-bond acceptors (Lipinski definition) is 6. The highest BCUT2D eigenvalue weighted by atomic mass is 79.9. The van der Waals surface area contributed by atoms with Gasteiger partial charge in [0.25, 0.3) is 0 Å². The predicted octanol–water partition coefficient (Wildman–Crippen LogP) is 5.20. The molecule has 0 saturated carbocycles. The van der Waals surface area contributed by atoms with Gasteiger partial charge in [-0.1, -0.05) is 15.9 Å². The molecule has 0 spiro atoms. The van der Waals surface area contributed by atoms with Crippen LogP contribution in [0.1, 0.15) is 57.7 Å². The first kappa shape index (κ1) is 27.0. The summed E-state index contributed by atoms with van der Waals surface area (Å²) in [6, 6.07) is -1.75. The van der Waals surface area contributed by atoms with E-state index in [-0.39, 0.29) is 34.9 Å². The number of ether oxygens (including phenoxy) is 2. The van der Waals surface area contributed by atoms with Gasteiger partial charge in [0.1, 0.15) is 5.60 Å². The van der Waals surface area contributed by atoms with Crippen molar-refractivity contribution in [2.24, 2.45) is 0 Å². The number of esters is 1. The Balaban J connectivity index is 2.09. The van der Waals surface area contributed by atoms with Crippen LogP contribution >= 0.6 is 15.9 Å². The number of aromatic nitrogens is 2. The van der Waals surface area contributed by atoms with Crippen LogP contribution in [0.2, 0.25) is 0 Å². The van der Waals surface area contributed by atoms with E-state index in [1.165, 1.54) is 4.90 Å². The molecule has 1 aromatic heterocycles. The van der Waals surface area contributed by atoms with E-state index in [2.05, 4.69) is 21.0 Å². The van der Waals surface area contributed by atoms with Crippen molar-refractivity contribution in [3.8, 4) is 0 Å². The molecular weight excluding hydrogens is 535 g/mol. The summed E-state index contributed by atoms with van der Waals surface area (Å²) in [5.41, 5.74) is -1.35. The molecule has 1 amide bonds. The Morgan fingerprint density at radius 1 is 1.26 bits per heavy atom. The summed E-state index contributed by atoms with van der Waals surface area (Å²) in [6.45, 7) is 8.37. The number of carbonyl (C=O) groups excluding carboxylic acids is 3. The van der Waals surface area contributed by atoms with E-state index < -0.39 is 47.3 Å². The van der Waals surface area contributed by atoms with E-state index in [1.807, 2.05) is 0 Å². The molecule has 2 unspecified atom stereocenters. The lowest BCUT2D eigenvalue weighted by molar-refractivity contribution is -0.152. The number of Topliss-reactive ketones (excluding diaryl/α,β-unsaturated/α-hetero) is 1. The third-order valence-corrected chi connectivity index (χ3v) is 6.39. The van der Waals surface area contributed by atoms with Crippen molar-refractivity contribution in [3.63, 3.8) is 0 Å². The molecule has 0 aliphatic carbocycles. The molecule has 3 rings (SSSR count). The molecule has 2 aromatic rings. The van der Waals surface area contributed by atoms with Gasteiger partial charge in [-0.15, -0.1) is 0 Å². The van der Waals surface area contributed by atoms with Gasteiger partial charge in [0, 0.05) is 22.6 Å². The second-order valence-corrected chi connectivity index (χ2v) is 10.1. The summed E-state index contributed by atoms with van der Waals surface area (Å²) in [6.07, 6.45) is -3.60. The van der Waals surface area contributed by atoms with Crippen LogP contribution in [0.4, 0.5) is 18.0 Å². The zero-order valence-corrected chi connectivity index (χ0v) is 21.6. The minimum Gasteiger partial charge on any atom is -0.464 e. The van der Waals surface area contributed by atoms with Crippen molar-refractivity contribution in [1.82, 2.24) is 14.7 Å². The molecule has 2 heterocycles. The Bertz CT molecular complexity index is 1160. The molecule has 0 radical (unpaired) electrons. The molecular formula is C23H27BrF3N3O5. The molecule has 2 atom stereocenters. The molecule has 12 heteroatoms. The molecule has 1 aliphatic rings. The minimum atomic E-state index is -4.69. The maximum absolute atomic E-state index is 13.7. The van der Waals surface area contributed by atoms with Crippen LogP contribution in [0.3, 0.4) is 0 Å². The van der Waals surface area contributed by atoms with Gasteiger partial charge in [-0.05, 0) is 59.1 Å². The van der Waals surface area contributed by atoms with Crippen molar-refractivity contribution in [3.05, 3.63) is 27.9 Å². The zero-order valence-electron chi connectivity index (χ0n) is 20.0. The van der Waals surface area contributed by atoms with Gasteiger partial charge in [0.15, 0.2) is 5.78 Å². The summed E-state index contributed by atoms with van der Waals surface area (Å²) in [5, 5.41) is 3.95. The minimum absolute atomic E-state index is 0.00998. The van der Waals surface area contributed by atoms with Gasteiger partial charge in [-0.3, -0.25) is 9.69 Å². The number of benzene rings is 1. The second-order valence-electron chi connectivity index (χ2n) is 9.29. The summed E-state index contributed by atoms with van der Waals surface area (Å²) in [5.74, 6) is -1.67. The number of alkyl halides is 3. The van der Waals surface area contributed by atoms with E-state index in [0.717, 1.165) is 16.9 Å². The number of hydrogen-bond donors (Lipinski definition) is 0. The predicted molar refractivity (Wildman–Crippen MR) is 124 cm³/mol. The molecule has 1 aromatic carbocycles. The van der Waals surface area contributed by atoms with Gasteiger partial charge >= 0.3 is 18.2 Å². The summed E-state index contributed by atoms with van der Waals surface area (Å²) < 4.78 is 52.7. The lowest BCUT2D eigenvalue weighted by Gasteiger charge is -2.29. The fraction of sp³-hybridized carbons (Fsp3) is 0.565. The largest absolute Gasteiger partial charge is 0.464 e. The number of carbonyl (C=O) groups is 3. The Morgan fingerprint density at radius 3 is 2.49 bits per heavy atom. The number of likely N-dealkylation sites (tertiary alicyclic amines) is 1. The molecule has 0 N–H and O–H groups in total. The maximum Gasteiger partial charge on any atom is 0.417 e. The number of fused-ring (bicyclic) bond motifs is 1. The summed E-state index contributed by atoms with van der Waals surface area (Å²) >= 11 is 3.12. The van der Waals surface area contributed by atoms with Crippen molar-refractivity contribution in [1.29, 1.82) is 0 Å². The molecule has 8 nitrogen and oxygen atoms in total. The Labute approximate surface area is 208 Å². The van der Waals surface area contributed by atoms with E-state index in [0.29, 0.717) is 12.0 Å². The topological polar surface area (TPSA) is 90.7 Å². The van der Waals surface area contributed by atoms with Gasteiger partial charge in [0.2, 0.25) is 6.04 Å². The summed E-state index contributed by atoms with van der Waals surface area (Å²) in [7, 11) is 0. The van der Waals surface area contributed by atoms with E-state index in [1.54, 1.807) is 34.6 Å². The van der Waals surface area contributed by atoms with Crippen LogP contribution in [0.5, 0.6) is 0 Å². The third-order valence-electron chi connectivity index (χ3n) is 5.57. The number of aryl methyl sites for hydroxylation is 1. The Kier molecular flexibility index (Phi) is 7.54. The summed E-state index contributed by atoms with van der Waals surface area (Å²) in [4.78, 5) is 40.4.